The molecule has 0 spiro atoms. The first-order valence-corrected chi connectivity index (χ1v) is 9.00. The van der Waals surface area contributed by atoms with Gasteiger partial charge in [-0.05, 0) is 58.3 Å². The molecule has 1 heterocycles. The normalized spacial score (nSPS) is 15.0. The van der Waals surface area contributed by atoms with Gasteiger partial charge >= 0.3 is 5.97 Å². The molecule has 0 unspecified atom stereocenters. The Hall–Kier alpha value is -2.60. The van der Waals surface area contributed by atoms with Gasteiger partial charge in [0.05, 0.1) is 18.2 Å². The highest BCUT2D eigenvalue weighted by Crippen LogP contribution is 2.37. The van der Waals surface area contributed by atoms with Crippen LogP contribution in [0.4, 0.5) is 0 Å². The molecule has 1 aliphatic rings. The van der Waals surface area contributed by atoms with E-state index >= 15 is 0 Å². The van der Waals surface area contributed by atoms with Crippen LogP contribution < -0.4 is 9.47 Å². The number of carbonyl (C=O) groups excluding carboxylic acids is 1. The second-order valence-corrected chi connectivity index (χ2v) is 6.44. The van der Waals surface area contributed by atoms with Crippen LogP contribution in [0.5, 0.6) is 11.5 Å². The van der Waals surface area contributed by atoms with E-state index in [0.717, 1.165) is 22.0 Å². The lowest BCUT2D eigenvalue weighted by molar-refractivity contribution is -0.129. The number of hydrogen-bond donors (Lipinski definition) is 0. The van der Waals surface area contributed by atoms with Crippen LogP contribution in [0.25, 0.3) is 6.08 Å². The molecular formula is C20H18BrNO4. The molecule has 3 rings (SSSR count). The molecule has 0 amide bonds. The molecular weight excluding hydrogens is 398 g/mol. The molecule has 0 aliphatic carbocycles. The maximum Gasteiger partial charge on any atom is 0.363 e. The van der Waals surface area contributed by atoms with Gasteiger partial charge in [0, 0.05) is 5.56 Å². The molecule has 0 radical (unpaired) electrons. The lowest BCUT2D eigenvalue weighted by atomic mass is 10.1. The van der Waals surface area contributed by atoms with E-state index in [-0.39, 0.29) is 5.70 Å². The fourth-order valence-electron chi connectivity index (χ4n) is 2.44. The Morgan fingerprint density at radius 3 is 2.69 bits per heavy atom. The Balaban J connectivity index is 1.93. The quantitative estimate of drug-likeness (QED) is 0.511. The third-order valence-electron chi connectivity index (χ3n) is 3.65. The minimum atomic E-state index is -0.481. The van der Waals surface area contributed by atoms with E-state index in [4.69, 9.17) is 14.2 Å². The molecule has 2 aromatic rings. The predicted octanol–water partition coefficient (Wildman–Crippen LogP) is 4.59. The average Bonchev–Trinajstić information content (AvgIpc) is 3.02. The van der Waals surface area contributed by atoms with Gasteiger partial charge in [-0.2, -0.15) is 0 Å². The Morgan fingerprint density at radius 2 is 2.00 bits per heavy atom. The van der Waals surface area contributed by atoms with Crippen molar-refractivity contribution in [3.05, 3.63) is 63.8 Å². The first-order valence-electron chi connectivity index (χ1n) is 8.20. The standard InChI is InChI=1S/C20H18BrNO4/c1-3-9-25-18-15(21)10-13(12-17(18)24-2)11-16-20(23)26-19(22-16)14-7-5-4-6-8-14/h4-8,10-12H,3,9H2,1-2H3. The van der Waals surface area contributed by atoms with Crippen LogP contribution in [-0.2, 0) is 9.53 Å². The van der Waals surface area contributed by atoms with E-state index in [2.05, 4.69) is 20.9 Å². The topological polar surface area (TPSA) is 57.1 Å². The van der Waals surface area contributed by atoms with E-state index in [0.29, 0.717) is 24.0 Å². The Kier molecular flexibility index (Phi) is 5.73. The highest BCUT2D eigenvalue weighted by atomic mass is 79.9. The minimum absolute atomic E-state index is 0.236. The molecule has 0 fully saturated rings. The van der Waals surface area contributed by atoms with Gasteiger partial charge in [-0.25, -0.2) is 9.79 Å². The average molecular weight is 416 g/mol. The summed E-state index contributed by atoms with van der Waals surface area (Å²) >= 11 is 3.50. The number of ether oxygens (including phenoxy) is 3. The number of benzene rings is 2. The molecule has 5 nitrogen and oxygen atoms in total. The fourth-order valence-corrected chi connectivity index (χ4v) is 3.01. The Labute approximate surface area is 160 Å². The van der Waals surface area contributed by atoms with Gasteiger partial charge in [-0.1, -0.05) is 25.1 Å². The molecule has 0 atom stereocenters. The summed E-state index contributed by atoms with van der Waals surface area (Å²) in [5, 5.41) is 0. The van der Waals surface area contributed by atoms with Gasteiger partial charge in [0.25, 0.3) is 0 Å². The monoisotopic (exact) mass is 415 g/mol. The summed E-state index contributed by atoms with van der Waals surface area (Å²) in [6.45, 7) is 2.62. The zero-order chi connectivity index (χ0) is 18.5. The van der Waals surface area contributed by atoms with Crippen molar-refractivity contribution < 1.29 is 19.0 Å². The van der Waals surface area contributed by atoms with E-state index in [1.807, 2.05) is 43.3 Å². The van der Waals surface area contributed by atoms with Crippen molar-refractivity contribution in [1.82, 2.24) is 0 Å². The van der Waals surface area contributed by atoms with Crippen molar-refractivity contribution in [3.63, 3.8) is 0 Å². The molecule has 26 heavy (non-hydrogen) atoms. The van der Waals surface area contributed by atoms with Crippen LogP contribution in [-0.4, -0.2) is 25.6 Å². The van der Waals surface area contributed by atoms with E-state index in [1.165, 1.54) is 0 Å². The molecule has 1 aliphatic heterocycles. The van der Waals surface area contributed by atoms with Crippen molar-refractivity contribution in [2.45, 2.75) is 13.3 Å². The summed E-state index contributed by atoms with van der Waals surface area (Å²) in [5.74, 6) is 1.04. The van der Waals surface area contributed by atoms with Gasteiger partial charge < -0.3 is 14.2 Å². The number of esters is 1. The van der Waals surface area contributed by atoms with Gasteiger partial charge in [0.2, 0.25) is 5.90 Å². The van der Waals surface area contributed by atoms with E-state index in [9.17, 15) is 4.79 Å². The van der Waals surface area contributed by atoms with Gasteiger partial charge in [-0.15, -0.1) is 0 Å². The zero-order valence-electron chi connectivity index (χ0n) is 14.5. The van der Waals surface area contributed by atoms with E-state index < -0.39 is 5.97 Å². The molecule has 0 N–H and O–H groups in total. The van der Waals surface area contributed by atoms with Crippen LogP contribution in [0.2, 0.25) is 0 Å². The second kappa shape index (κ2) is 8.19. The number of cyclic esters (lactones) is 1. The summed E-state index contributed by atoms with van der Waals surface area (Å²) < 4.78 is 17.1. The SMILES string of the molecule is CCCOc1c(Br)cc(C=C2N=C(c3ccccc3)OC2=O)cc1OC. The largest absolute Gasteiger partial charge is 0.493 e. The van der Waals surface area contributed by atoms with Crippen molar-refractivity contribution in [1.29, 1.82) is 0 Å². The summed E-state index contributed by atoms with van der Waals surface area (Å²) in [4.78, 5) is 16.4. The second-order valence-electron chi connectivity index (χ2n) is 5.58. The number of rotatable bonds is 6. The maximum absolute atomic E-state index is 12.1. The molecule has 0 saturated heterocycles. The minimum Gasteiger partial charge on any atom is -0.493 e. The van der Waals surface area contributed by atoms with Crippen molar-refractivity contribution in [2.24, 2.45) is 4.99 Å². The number of carbonyl (C=O) groups is 1. The van der Waals surface area contributed by atoms with Crippen molar-refractivity contribution in [2.75, 3.05) is 13.7 Å². The number of halogens is 1. The molecule has 134 valence electrons. The van der Waals surface area contributed by atoms with Gasteiger partial charge in [0.1, 0.15) is 0 Å². The zero-order valence-corrected chi connectivity index (χ0v) is 16.1. The maximum atomic E-state index is 12.1. The smallest absolute Gasteiger partial charge is 0.363 e. The highest BCUT2D eigenvalue weighted by molar-refractivity contribution is 9.10. The Morgan fingerprint density at radius 1 is 1.23 bits per heavy atom. The Bertz CT molecular complexity index is 875. The van der Waals surface area contributed by atoms with Crippen LogP contribution in [0.15, 0.2) is 57.6 Å². The van der Waals surface area contributed by atoms with Crippen LogP contribution in [0.1, 0.15) is 24.5 Å². The summed E-state index contributed by atoms with van der Waals surface area (Å²) in [6.07, 6.45) is 2.55. The predicted molar refractivity (Wildman–Crippen MR) is 104 cm³/mol. The number of aliphatic imine (C=N–C) groups is 1. The molecule has 0 aromatic heterocycles. The van der Waals surface area contributed by atoms with E-state index in [1.54, 1.807) is 19.3 Å². The van der Waals surface area contributed by atoms with Crippen molar-refractivity contribution >= 4 is 33.9 Å². The van der Waals surface area contributed by atoms with Crippen molar-refractivity contribution in [3.8, 4) is 11.5 Å². The van der Waals surface area contributed by atoms with Gasteiger partial charge in [0.15, 0.2) is 17.2 Å². The number of nitrogens with zero attached hydrogens (tertiary/aromatic N) is 1. The van der Waals surface area contributed by atoms with Gasteiger partial charge in [-0.3, -0.25) is 0 Å². The van der Waals surface area contributed by atoms with Crippen LogP contribution >= 0.6 is 15.9 Å². The molecule has 6 heteroatoms. The highest BCUT2D eigenvalue weighted by Gasteiger charge is 2.24. The summed E-state index contributed by atoms with van der Waals surface area (Å²) in [6, 6.07) is 13.0. The molecule has 0 saturated carbocycles. The summed E-state index contributed by atoms with van der Waals surface area (Å²) in [7, 11) is 1.58. The number of hydrogen-bond acceptors (Lipinski definition) is 5. The summed E-state index contributed by atoms with van der Waals surface area (Å²) in [5.41, 5.74) is 1.74. The lowest BCUT2D eigenvalue weighted by Gasteiger charge is -2.13. The third-order valence-corrected chi connectivity index (χ3v) is 4.24. The van der Waals surface area contributed by atoms with Crippen LogP contribution in [0.3, 0.4) is 0 Å². The fraction of sp³-hybridized carbons (Fsp3) is 0.200. The first kappa shape index (κ1) is 18.2. The molecule has 2 aromatic carbocycles. The van der Waals surface area contributed by atoms with Crippen LogP contribution in [0, 0.1) is 0 Å². The number of methoxy groups -OCH3 is 1. The lowest BCUT2D eigenvalue weighted by Crippen LogP contribution is -2.05. The molecule has 0 bridgehead atoms. The third kappa shape index (κ3) is 3.96. The first-order chi connectivity index (χ1) is 12.6.